The Morgan fingerprint density at radius 1 is 1.37 bits per heavy atom. The van der Waals surface area contributed by atoms with Crippen molar-refractivity contribution in [1.82, 2.24) is 20.0 Å². The Labute approximate surface area is 166 Å². The van der Waals surface area contributed by atoms with Crippen molar-refractivity contribution in [2.24, 2.45) is 0 Å². The molecule has 7 heteroatoms. The molecule has 0 aliphatic carbocycles. The van der Waals surface area contributed by atoms with Crippen LogP contribution < -0.4 is 0 Å². The SMILES string of the molecule is CC(C)(C)c1noc(CCC(=O)N2CCc3[nH]c4c(Br)cccc4c3C2)n1. The van der Waals surface area contributed by atoms with Crippen LogP contribution in [0.3, 0.4) is 0 Å². The predicted molar refractivity (Wildman–Crippen MR) is 106 cm³/mol. The highest BCUT2D eigenvalue weighted by Gasteiger charge is 2.25. The number of rotatable bonds is 3. The summed E-state index contributed by atoms with van der Waals surface area (Å²) in [6, 6.07) is 6.17. The number of hydrogen-bond acceptors (Lipinski definition) is 4. The quantitative estimate of drug-likeness (QED) is 0.677. The van der Waals surface area contributed by atoms with Crippen LogP contribution in [0.4, 0.5) is 0 Å². The van der Waals surface area contributed by atoms with E-state index in [9.17, 15) is 4.79 Å². The van der Waals surface area contributed by atoms with Crippen LogP contribution in [0.5, 0.6) is 0 Å². The zero-order valence-corrected chi connectivity index (χ0v) is 17.4. The highest BCUT2D eigenvalue weighted by Crippen LogP contribution is 2.32. The van der Waals surface area contributed by atoms with Crippen LogP contribution in [0.25, 0.3) is 10.9 Å². The molecule has 0 saturated heterocycles. The lowest BCUT2D eigenvalue weighted by atomic mass is 9.96. The van der Waals surface area contributed by atoms with Gasteiger partial charge in [-0.2, -0.15) is 4.98 Å². The third-order valence-electron chi connectivity index (χ3n) is 5.00. The van der Waals surface area contributed by atoms with Crippen molar-refractivity contribution in [1.29, 1.82) is 0 Å². The van der Waals surface area contributed by atoms with Gasteiger partial charge in [0.1, 0.15) is 0 Å². The van der Waals surface area contributed by atoms with Crippen molar-refractivity contribution >= 4 is 32.7 Å². The van der Waals surface area contributed by atoms with Gasteiger partial charge in [-0.25, -0.2) is 0 Å². The van der Waals surface area contributed by atoms with Gasteiger partial charge in [0.2, 0.25) is 11.8 Å². The summed E-state index contributed by atoms with van der Waals surface area (Å²) in [4.78, 5) is 22.6. The molecule has 1 aliphatic heterocycles. The summed E-state index contributed by atoms with van der Waals surface area (Å²) in [7, 11) is 0. The molecule has 4 rings (SSSR count). The van der Waals surface area contributed by atoms with Gasteiger partial charge < -0.3 is 14.4 Å². The molecule has 2 aromatic heterocycles. The number of para-hydroxylation sites is 1. The number of aromatic nitrogens is 3. The number of benzene rings is 1. The summed E-state index contributed by atoms with van der Waals surface area (Å²) in [6.07, 6.45) is 1.70. The highest BCUT2D eigenvalue weighted by molar-refractivity contribution is 9.10. The number of fused-ring (bicyclic) bond motifs is 3. The average Bonchev–Trinajstić information content (AvgIpc) is 3.24. The van der Waals surface area contributed by atoms with Crippen molar-refractivity contribution in [2.75, 3.05) is 6.54 Å². The number of aryl methyl sites for hydroxylation is 1. The second kappa shape index (κ2) is 6.78. The van der Waals surface area contributed by atoms with E-state index in [4.69, 9.17) is 4.52 Å². The predicted octanol–water partition coefficient (Wildman–Crippen LogP) is 4.13. The maximum atomic E-state index is 12.7. The van der Waals surface area contributed by atoms with Crippen LogP contribution in [0.1, 0.15) is 50.2 Å². The average molecular weight is 431 g/mol. The van der Waals surface area contributed by atoms with Gasteiger partial charge in [0, 0.05) is 58.9 Å². The first-order chi connectivity index (χ1) is 12.8. The number of carbonyl (C=O) groups excluding carboxylic acids is 1. The molecule has 0 atom stereocenters. The number of aromatic amines is 1. The highest BCUT2D eigenvalue weighted by atomic mass is 79.9. The summed E-state index contributed by atoms with van der Waals surface area (Å²) in [5.41, 5.74) is 3.40. The number of carbonyl (C=O) groups is 1. The number of amides is 1. The Morgan fingerprint density at radius 2 is 2.19 bits per heavy atom. The summed E-state index contributed by atoms with van der Waals surface area (Å²) in [6.45, 7) is 7.49. The minimum absolute atomic E-state index is 0.125. The van der Waals surface area contributed by atoms with Crippen LogP contribution in [-0.2, 0) is 29.6 Å². The maximum absolute atomic E-state index is 12.7. The van der Waals surface area contributed by atoms with Crippen molar-refractivity contribution in [3.8, 4) is 0 Å². The molecule has 1 amide bonds. The first-order valence-corrected chi connectivity index (χ1v) is 10.0. The third-order valence-corrected chi connectivity index (χ3v) is 5.66. The first kappa shape index (κ1) is 18.2. The van der Waals surface area contributed by atoms with Gasteiger partial charge in [-0.05, 0) is 22.0 Å². The molecule has 1 aliphatic rings. The van der Waals surface area contributed by atoms with Crippen LogP contribution in [0.15, 0.2) is 27.2 Å². The molecular formula is C20H23BrN4O2. The second-order valence-corrected chi connectivity index (χ2v) is 8.93. The molecule has 3 aromatic rings. The molecule has 0 bridgehead atoms. The molecule has 27 heavy (non-hydrogen) atoms. The van der Waals surface area contributed by atoms with Crippen molar-refractivity contribution in [2.45, 2.75) is 52.0 Å². The number of nitrogens with zero attached hydrogens (tertiary/aromatic N) is 3. The maximum Gasteiger partial charge on any atom is 0.227 e. The molecule has 0 spiro atoms. The zero-order valence-electron chi connectivity index (χ0n) is 15.8. The molecular weight excluding hydrogens is 408 g/mol. The van der Waals surface area contributed by atoms with Crippen molar-refractivity contribution < 1.29 is 9.32 Å². The molecule has 1 aromatic carbocycles. The van der Waals surface area contributed by atoms with E-state index in [0.29, 0.717) is 31.1 Å². The van der Waals surface area contributed by atoms with Crippen molar-refractivity contribution in [3.63, 3.8) is 0 Å². The smallest absolute Gasteiger partial charge is 0.227 e. The number of halogens is 1. The number of H-pyrrole nitrogens is 1. The van der Waals surface area contributed by atoms with Gasteiger partial charge in [-0.3, -0.25) is 4.79 Å². The van der Waals surface area contributed by atoms with Gasteiger partial charge >= 0.3 is 0 Å². The molecule has 0 radical (unpaired) electrons. The summed E-state index contributed by atoms with van der Waals surface area (Å²) >= 11 is 3.60. The lowest BCUT2D eigenvalue weighted by Gasteiger charge is -2.27. The summed E-state index contributed by atoms with van der Waals surface area (Å²) in [5, 5.41) is 5.21. The molecule has 142 valence electrons. The number of nitrogens with one attached hydrogen (secondary N) is 1. The normalized spacial score (nSPS) is 14.6. The monoisotopic (exact) mass is 430 g/mol. The number of hydrogen-bond donors (Lipinski definition) is 1. The van der Waals surface area contributed by atoms with Crippen LogP contribution >= 0.6 is 15.9 Å². The molecule has 0 unspecified atom stereocenters. The Bertz CT molecular complexity index is 999. The minimum Gasteiger partial charge on any atom is -0.357 e. The van der Waals surface area contributed by atoms with Gasteiger partial charge in [0.15, 0.2) is 5.82 Å². The molecule has 0 saturated carbocycles. The Morgan fingerprint density at radius 3 is 2.93 bits per heavy atom. The van der Waals surface area contributed by atoms with Crippen LogP contribution in [0.2, 0.25) is 0 Å². The Kier molecular flexibility index (Phi) is 4.58. The van der Waals surface area contributed by atoms with E-state index in [1.165, 1.54) is 16.6 Å². The van der Waals surface area contributed by atoms with Gasteiger partial charge in [-0.1, -0.05) is 38.1 Å². The fourth-order valence-electron chi connectivity index (χ4n) is 3.45. The Balaban J connectivity index is 1.44. The van der Waals surface area contributed by atoms with E-state index in [-0.39, 0.29) is 11.3 Å². The fraction of sp³-hybridized carbons (Fsp3) is 0.450. The van der Waals surface area contributed by atoms with E-state index in [1.807, 2.05) is 37.8 Å². The standard InChI is InChI=1S/C20H23BrN4O2/c1-20(2,3)19-23-16(27-24-19)7-8-17(26)25-10-9-15-13(11-25)12-5-4-6-14(21)18(12)22-15/h4-6,22H,7-11H2,1-3H3. The zero-order chi connectivity index (χ0) is 19.2. The summed E-state index contributed by atoms with van der Waals surface area (Å²) in [5.74, 6) is 1.33. The fourth-order valence-corrected chi connectivity index (χ4v) is 3.91. The molecule has 0 fully saturated rings. The lowest BCUT2D eigenvalue weighted by Crippen LogP contribution is -2.35. The summed E-state index contributed by atoms with van der Waals surface area (Å²) < 4.78 is 6.36. The largest absolute Gasteiger partial charge is 0.357 e. The van der Waals surface area contributed by atoms with Crippen LogP contribution in [0, 0.1) is 0 Å². The third kappa shape index (κ3) is 3.52. The van der Waals surface area contributed by atoms with Gasteiger partial charge in [0.05, 0.1) is 5.52 Å². The molecule has 3 heterocycles. The lowest BCUT2D eigenvalue weighted by molar-refractivity contribution is -0.132. The van der Waals surface area contributed by atoms with Gasteiger partial charge in [-0.15, -0.1) is 0 Å². The van der Waals surface area contributed by atoms with Crippen molar-refractivity contribution in [3.05, 3.63) is 45.6 Å². The van der Waals surface area contributed by atoms with E-state index in [0.717, 1.165) is 23.0 Å². The van der Waals surface area contributed by atoms with E-state index >= 15 is 0 Å². The van der Waals surface area contributed by atoms with Crippen LogP contribution in [-0.4, -0.2) is 32.5 Å². The topological polar surface area (TPSA) is 75.0 Å². The first-order valence-electron chi connectivity index (χ1n) is 9.21. The van der Waals surface area contributed by atoms with E-state index < -0.39 is 0 Å². The van der Waals surface area contributed by atoms with Gasteiger partial charge in [0.25, 0.3) is 0 Å². The molecule has 6 nitrogen and oxygen atoms in total. The minimum atomic E-state index is -0.154. The van der Waals surface area contributed by atoms with E-state index in [2.05, 4.69) is 37.1 Å². The second-order valence-electron chi connectivity index (χ2n) is 8.07. The Hall–Kier alpha value is -2.15. The van der Waals surface area contributed by atoms with E-state index in [1.54, 1.807) is 0 Å². The molecule has 1 N–H and O–H groups in total.